The van der Waals surface area contributed by atoms with Crippen LogP contribution in [0.15, 0.2) is 95.9 Å². The summed E-state index contributed by atoms with van der Waals surface area (Å²) in [5.41, 5.74) is 4.44. The summed E-state index contributed by atoms with van der Waals surface area (Å²) >= 11 is 12.6. The van der Waals surface area contributed by atoms with Crippen molar-refractivity contribution in [2.75, 3.05) is 17.4 Å². The second-order valence-electron chi connectivity index (χ2n) is 11.7. The molecule has 4 aromatic carbocycles. The van der Waals surface area contributed by atoms with Gasteiger partial charge in [-0.15, -0.1) is 0 Å². The number of anilines is 1. The summed E-state index contributed by atoms with van der Waals surface area (Å²) in [6.07, 6.45) is 1.89. The van der Waals surface area contributed by atoms with Gasteiger partial charge in [-0.3, -0.25) is 13.9 Å². The maximum Gasteiger partial charge on any atom is 0.264 e. The van der Waals surface area contributed by atoms with Gasteiger partial charge >= 0.3 is 0 Å². The van der Waals surface area contributed by atoms with E-state index < -0.39 is 28.5 Å². The van der Waals surface area contributed by atoms with Gasteiger partial charge in [0.05, 0.1) is 20.6 Å². The van der Waals surface area contributed by atoms with Crippen molar-refractivity contribution in [2.24, 2.45) is 0 Å². The van der Waals surface area contributed by atoms with Gasteiger partial charge < -0.3 is 10.2 Å². The standard InChI is InChI=1S/C37H41Cl2N3O4S/c1-5-6-20-40-37(44)35(23-29-10-8-7-9-11-29)41(24-30-15-18-32(38)33(39)22-30)36(43)25-42(34-19-14-27(3)21-28(34)4)47(45,46)31-16-12-26(2)13-17-31/h7-19,21-22,35H,5-6,20,23-25H2,1-4H3,(H,40,44)/t35-/m1/s1. The van der Waals surface area contributed by atoms with Crippen LogP contribution in [0.25, 0.3) is 0 Å². The Bertz CT molecular complexity index is 1800. The van der Waals surface area contributed by atoms with Crippen molar-refractivity contribution in [3.63, 3.8) is 0 Å². The first-order valence-electron chi connectivity index (χ1n) is 15.6. The molecule has 0 aliphatic rings. The maximum atomic E-state index is 14.6. The number of carbonyl (C=O) groups excluding carboxylic acids is 2. The number of unbranched alkanes of at least 4 members (excludes halogenated alkanes) is 1. The minimum atomic E-state index is -4.20. The Labute approximate surface area is 288 Å². The fourth-order valence-corrected chi connectivity index (χ4v) is 7.13. The van der Waals surface area contributed by atoms with Gasteiger partial charge in [-0.05, 0) is 74.2 Å². The molecular weight excluding hydrogens is 653 g/mol. The number of nitrogens with one attached hydrogen (secondary N) is 1. The number of aryl methyl sites for hydroxylation is 3. The van der Waals surface area contributed by atoms with Crippen molar-refractivity contribution < 1.29 is 18.0 Å². The van der Waals surface area contributed by atoms with Crippen molar-refractivity contribution in [2.45, 2.75) is 64.4 Å². The smallest absolute Gasteiger partial charge is 0.264 e. The molecule has 0 aromatic heterocycles. The molecule has 0 aliphatic heterocycles. The molecule has 47 heavy (non-hydrogen) atoms. The number of hydrogen-bond donors (Lipinski definition) is 1. The number of amides is 2. The zero-order chi connectivity index (χ0) is 34.1. The van der Waals surface area contributed by atoms with Crippen molar-refractivity contribution >= 4 is 50.7 Å². The van der Waals surface area contributed by atoms with E-state index in [9.17, 15) is 18.0 Å². The Balaban J connectivity index is 1.83. The number of sulfonamides is 1. The molecule has 2 amide bonds. The summed E-state index contributed by atoms with van der Waals surface area (Å²) in [6.45, 7) is 7.56. The average Bonchev–Trinajstić information content (AvgIpc) is 3.04. The number of hydrogen-bond acceptors (Lipinski definition) is 4. The molecule has 0 bridgehead atoms. The zero-order valence-electron chi connectivity index (χ0n) is 27.2. The first-order chi connectivity index (χ1) is 22.4. The van der Waals surface area contributed by atoms with Crippen LogP contribution in [0.3, 0.4) is 0 Å². The fraction of sp³-hybridized carbons (Fsp3) is 0.297. The van der Waals surface area contributed by atoms with Gasteiger partial charge in [0.15, 0.2) is 0 Å². The van der Waals surface area contributed by atoms with Crippen molar-refractivity contribution in [3.05, 3.63) is 129 Å². The van der Waals surface area contributed by atoms with Gasteiger partial charge in [-0.1, -0.05) is 108 Å². The summed E-state index contributed by atoms with van der Waals surface area (Å²) in [7, 11) is -4.20. The Morgan fingerprint density at radius 1 is 0.809 bits per heavy atom. The molecule has 248 valence electrons. The number of carbonyl (C=O) groups is 2. The van der Waals surface area contributed by atoms with Crippen LogP contribution in [-0.2, 0) is 32.6 Å². The van der Waals surface area contributed by atoms with E-state index in [1.165, 1.54) is 4.90 Å². The van der Waals surface area contributed by atoms with Crippen LogP contribution in [0, 0.1) is 20.8 Å². The minimum absolute atomic E-state index is 0.000278. The van der Waals surface area contributed by atoms with Crippen LogP contribution in [0.2, 0.25) is 10.0 Å². The minimum Gasteiger partial charge on any atom is -0.354 e. The molecule has 7 nitrogen and oxygen atoms in total. The first kappa shape index (κ1) is 36.0. The lowest BCUT2D eigenvalue weighted by Gasteiger charge is -2.34. The Morgan fingerprint density at radius 3 is 2.13 bits per heavy atom. The van der Waals surface area contributed by atoms with E-state index in [2.05, 4.69) is 5.32 Å². The highest BCUT2D eigenvalue weighted by atomic mass is 35.5. The van der Waals surface area contributed by atoms with Crippen LogP contribution >= 0.6 is 23.2 Å². The molecular formula is C37H41Cl2N3O4S. The molecule has 0 heterocycles. The molecule has 0 aliphatic carbocycles. The molecule has 1 atom stereocenters. The van der Waals surface area contributed by atoms with E-state index in [-0.39, 0.29) is 23.8 Å². The molecule has 0 saturated carbocycles. The number of rotatable bonds is 14. The molecule has 0 radical (unpaired) electrons. The summed E-state index contributed by atoms with van der Waals surface area (Å²) in [6, 6.07) is 25.5. The quantitative estimate of drug-likeness (QED) is 0.137. The van der Waals surface area contributed by atoms with E-state index in [0.717, 1.165) is 33.8 Å². The molecule has 0 spiro atoms. The maximum absolute atomic E-state index is 14.6. The normalized spacial score (nSPS) is 12.0. The lowest BCUT2D eigenvalue weighted by atomic mass is 10.0. The predicted molar refractivity (Wildman–Crippen MR) is 190 cm³/mol. The molecule has 10 heteroatoms. The largest absolute Gasteiger partial charge is 0.354 e. The fourth-order valence-electron chi connectivity index (χ4n) is 5.33. The van der Waals surface area contributed by atoms with Gasteiger partial charge in [0.2, 0.25) is 11.8 Å². The molecule has 1 N–H and O–H groups in total. The van der Waals surface area contributed by atoms with Crippen LogP contribution in [0.1, 0.15) is 47.6 Å². The Morgan fingerprint density at radius 2 is 1.49 bits per heavy atom. The summed E-state index contributed by atoms with van der Waals surface area (Å²) in [5, 5.41) is 3.66. The number of benzene rings is 4. The summed E-state index contributed by atoms with van der Waals surface area (Å²) < 4.78 is 29.7. The Hall–Kier alpha value is -3.85. The first-order valence-corrected chi connectivity index (χ1v) is 17.8. The average molecular weight is 695 g/mol. The van der Waals surface area contributed by atoms with E-state index in [0.29, 0.717) is 33.4 Å². The highest BCUT2D eigenvalue weighted by Gasteiger charge is 2.35. The highest BCUT2D eigenvalue weighted by molar-refractivity contribution is 7.92. The van der Waals surface area contributed by atoms with Gasteiger partial charge in [0.1, 0.15) is 12.6 Å². The van der Waals surface area contributed by atoms with Crippen LogP contribution in [0.5, 0.6) is 0 Å². The lowest BCUT2D eigenvalue weighted by molar-refractivity contribution is -0.140. The van der Waals surface area contributed by atoms with Crippen LogP contribution in [-0.4, -0.2) is 44.3 Å². The zero-order valence-corrected chi connectivity index (χ0v) is 29.5. The third-order valence-electron chi connectivity index (χ3n) is 7.95. The number of nitrogens with zero attached hydrogens (tertiary/aromatic N) is 2. The van der Waals surface area contributed by atoms with E-state index >= 15 is 0 Å². The molecule has 0 saturated heterocycles. The monoisotopic (exact) mass is 693 g/mol. The second-order valence-corrected chi connectivity index (χ2v) is 14.4. The summed E-state index contributed by atoms with van der Waals surface area (Å²) in [5.74, 6) is -0.867. The SMILES string of the molecule is CCCCNC(=O)[C@@H](Cc1ccccc1)N(Cc1ccc(Cl)c(Cl)c1)C(=O)CN(c1ccc(C)cc1C)S(=O)(=O)c1ccc(C)cc1. The third-order valence-corrected chi connectivity index (χ3v) is 10.5. The van der Waals surface area contributed by atoms with Crippen LogP contribution < -0.4 is 9.62 Å². The van der Waals surface area contributed by atoms with E-state index in [1.54, 1.807) is 48.5 Å². The van der Waals surface area contributed by atoms with Gasteiger partial charge in [-0.25, -0.2) is 8.42 Å². The van der Waals surface area contributed by atoms with Crippen molar-refractivity contribution in [1.29, 1.82) is 0 Å². The molecule has 4 rings (SSSR count). The highest BCUT2D eigenvalue weighted by Crippen LogP contribution is 2.29. The molecule has 0 unspecified atom stereocenters. The van der Waals surface area contributed by atoms with Gasteiger partial charge in [0, 0.05) is 19.5 Å². The second kappa shape index (κ2) is 16.3. The molecule has 4 aromatic rings. The third kappa shape index (κ3) is 9.37. The molecule has 0 fully saturated rings. The number of halogens is 2. The topological polar surface area (TPSA) is 86.8 Å². The van der Waals surface area contributed by atoms with Gasteiger partial charge in [0.25, 0.3) is 10.0 Å². The predicted octanol–water partition coefficient (Wildman–Crippen LogP) is 7.67. The lowest BCUT2D eigenvalue weighted by Crippen LogP contribution is -2.53. The van der Waals surface area contributed by atoms with E-state index in [1.807, 2.05) is 70.2 Å². The Kier molecular flexibility index (Phi) is 12.5. The van der Waals surface area contributed by atoms with Crippen LogP contribution in [0.4, 0.5) is 5.69 Å². The summed E-state index contributed by atoms with van der Waals surface area (Å²) in [4.78, 5) is 30.0. The van der Waals surface area contributed by atoms with Gasteiger partial charge in [-0.2, -0.15) is 0 Å². The van der Waals surface area contributed by atoms with Crippen molar-refractivity contribution in [1.82, 2.24) is 10.2 Å². The van der Waals surface area contributed by atoms with Crippen molar-refractivity contribution in [3.8, 4) is 0 Å². The van der Waals surface area contributed by atoms with E-state index in [4.69, 9.17) is 23.2 Å².